The Morgan fingerprint density at radius 3 is 2.73 bits per heavy atom. The van der Waals surface area contributed by atoms with Crippen LogP contribution in [0, 0.1) is 0 Å². The van der Waals surface area contributed by atoms with Gasteiger partial charge in [-0.25, -0.2) is 13.4 Å². The number of hydrogen-bond donors (Lipinski definition) is 0. The smallest absolute Gasteiger partial charge is 0.227 e. The monoisotopic (exact) mass is 377 g/mol. The van der Waals surface area contributed by atoms with Gasteiger partial charge in [0.05, 0.1) is 24.5 Å². The van der Waals surface area contributed by atoms with Crippen molar-refractivity contribution in [3.05, 3.63) is 47.8 Å². The minimum atomic E-state index is -3.37. The molecule has 3 rings (SSSR count). The van der Waals surface area contributed by atoms with Gasteiger partial charge in [0.2, 0.25) is 15.0 Å². The summed E-state index contributed by atoms with van der Waals surface area (Å²) in [5.74, 6) is 0. The minimum Gasteiger partial charge on any atom is -0.376 e. The van der Waals surface area contributed by atoms with Gasteiger partial charge in [-0.2, -0.15) is 0 Å². The largest absolute Gasteiger partial charge is 0.376 e. The molecule has 1 aromatic heterocycles. The number of aromatic nitrogens is 2. The Morgan fingerprint density at radius 2 is 2.08 bits per heavy atom. The number of sulfone groups is 1. The molecule has 0 N–H and O–H groups in total. The highest BCUT2D eigenvalue weighted by atomic mass is 32.2. The quantitative estimate of drug-likeness (QED) is 0.705. The van der Waals surface area contributed by atoms with Crippen molar-refractivity contribution in [3.63, 3.8) is 0 Å². The number of imidazole rings is 1. The maximum absolute atomic E-state index is 12.1. The molecule has 2 heterocycles. The molecule has 0 unspecified atom stereocenters. The number of rotatable bonds is 8. The molecule has 7 heteroatoms. The average Bonchev–Trinajstić information content (AvgIpc) is 3.24. The summed E-state index contributed by atoms with van der Waals surface area (Å²) in [5.41, 5.74) is 2.21. The summed E-state index contributed by atoms with van der Waals surface area (Å²) in [6.45, 7) is 2.84. The third kappa shape index (κ3) is 4.93. The molecule has 142 valence electrons. The maximum Gasteiger partial charge on any atom is 0.227 e. The molecule has 2 aromatic rings. The summed E-state index contributed by atoms with van der Waals surface area (Å²) >= 11 is 0. The average molecular weight is 378 g/mol. The van der Waals surface area contributed by atoms with E-state index in [2.05, 4.69) is 22.0 Å². The molecule has 1 aromatic carbocycles. The van der Waals surface area contributed by atoms with Crippen LogP contribution >= 0.6 is 0 Å². The number of likely N-dealkylation sites (N-methyl/N-ethyl adjacent to an activating group) is 1. The Morgan fingerprint density at radius 1 is 1.31 bits per heavy atom. The van der Waals surface area contributed by atoms with Gasteiger partial charge in [0.25, 0.3) is 0 Å². The summed E-state index contributed by atoms with van der Waals surface area (Å²) in [6.07, 6.45) is 5.91. The van der Waals surface area contributed by atoms with Gasteiger partial charge in [-0.3, -0.25) is 0 Å². The topological polar surface area (TPSA) is 64.4 Å². The van der Waals surface area contributed by atoms with Crippen LogP contribution in [-0.2, 0) is 34.1 Å². The van der Waals surface area contributed by atoms with Gasteiger partial charge >= 0.3 is 0 Å². The van der Waals surface area contributed by atoms with E-state index in [4.69, 9.17) is 4.74 Å². The van der Waals surface area contributed by atoms with Crippen molar-refractivity contribution in [1.82, 2.24) is 14.5 Å². The molecule has 0 spiro atoms. The van der Waals surface area contributed by atoms with Crippen molar-refractivity contribution in [2.24, 2.45) is 0 Å². The van der Waals surface area contributed by atoms with Gasteiger partial charge in [0.15, 0.2) is 0 Å². The van der Waals surface area contributed by atoms with E-state index in [1.54, 1.807) is 6.20 Å². The first-order chi connectivity index (χ1) is 12.4. The van der Waals surface area contributed by atoms with Gasteiger partial charge < -0.3 is 14.2 Å². The van der Waals surface area contributed by atoms with E-state index in [0.29, 0.717) is 13.1 Å². The van der Waals surface area contributed by atoms with Gasteiger partial charge in [-0.1, -0.05) is 30.3 Å². The Bertz CT molecular complexity index is 812. The second-order valence-corrected chi connectivity index (χ2v) is 8.93. The van der Waals surface area contributed by atoms with Crippen molar-refractivity contribution in [2.45, 2.75) is 43.6 Å². The third-order valence-corrected chi connectivity index (χ3v) is 5.69. The number of nitrogens with zero attached hydrogens (tertiary/aromatic N) is 3. The number of benzene rings is 1. The highest BCUT2D eigenvalue weighted by Gasteiger charge is 2.24. The lowest BCUT2D eigenvalue weighted by molar-refractivity contribution is 0.0935. The molecule has 26 heavy (non-hydrogen) atoms. The first kappa shape index (κ1) is 19.1. The van der Waals surface area contributed by atoms with E-state index < -0.39 is 9.84 Å². The standard InChI is InChI=1S/C19H27N3O3S/c1-21(11-10-16-7-4-3-5-8-16)14-17-13-20-19(26(2,23)24)22(17)15-18-9-6-12-25-18/h3-5,7-8,13,18H,6,9-12,14-15H2,1-2H3/t18-/m1/s1. The van der Waals surface area contributed by atoms with Crippen LogP contribution in [0.15, 0.2) is 41.7 Å². The Labute approximate surface area is 155 Å². The fourth-order valence-electron chi connectivity index (χ4n) is 3.32. The first-order valence-electron chi connectivity index (χ1n) is 9.02. The first-order valence-corrected chi connectivity index (χ1v) is 10.9. The zero-order valence-corrected chi connectivity index (χ0v) is 16.3. The van der Waals surface area contributed by atoms with Gasteiger partial charge in [0.1, 0.15) is 0 Å². The molecule has 0 bridgehead atoms. The Hall–Kier alpha value is -1.70. The van der Waals surface area contributed by atoms with E-state index in [-0.39, 0.29) is 11.3 Å². The second kappa shape index (κ2) is 8.33. The van der Waals surface area contributed by atoms with Crippen LogP contribution < -0.4 is 0 Å². The van der Waals surface area contributed by atoms with Crippen LogP contribution in [0.25, 0.3) is 0 Å². The molecular formula is C19H27N3O3S. The molecule has 1 fully saturated rings. The van der Waals surface area contributed by atoms with Crippen LogP contribution in [0.1, 0.15) is 24.1 Å². The van der Waals surface area contributed by atoms with Gasteiger partial charge in [-0.15, -0.1) is 0 Å². The van der Waals surface area contributed by atoms with Crippen LogP contribution in [0.5, 0.6) is 0 Å². The highest BCUT2D eigenvalue weighted by Crippen LogP contribution is 2.19. The fraction of sp³-hybridized carbons (Fsp3) is 0.526. The van der Waals surface area contributed by atoms with Crippen LogP contribution in [0.4, 0.5) is 0 Å². The van der Waals surface area contributed by atoms with E-state index in [1.165, 1.54) is 11.8 Å². The van der Waals surface area contributed by atoms with Crippen molar-refractivity contribution in [1.29, 1.82) is 0 Å². The van der Waals surface area contributed by atoms with Crippen molar-refractivity contribution in [2.75, 3.05) is 26.5 Å². The normalized spacial score (nSPS) is 17.9. The summed E-state index contributed by atoms with van der Waals surface area (Å²) in [7, 11) is -1.32. The predicted octanol–water partition coefficient (Wildman–Crippen LogP) is 2.14. The molecule has 0 radical (unpaired) electrons. The van der Waals surface area contributed by atoms with Crippen molar-refractivity contribution >= 4 is 9.84 Å². The highest BCUT2D eigenvalue weighted by molar-refractivity contribution is 7.90. The molecule has 0 amide bonds. The molecule has 1 atom stereocenters. The molecule has 0 aliphatic carbocycles. The van der Waals surface area contributed by atoms with Crippen molar-refractivity contribution < 1.29 is 13.2 Å². The van der Waals surface area contributed by atoms with E-state index in [0.717, 1.165) is 38.1 Å². The second-order valence-electron chi connectivity index (χ2n) is 7.02. The van der Waals surface area contributed by atoms with Crippen LogP contribution in [-0.4, -0.2) is 55.4 Å². The van der Waals surface area contributed by atoms with Crippen LogP contribution in [0.3, 0.4) is 0 Å². The van der Waals surface area contributed by atoms with E-state index >= 15 is 0 Å². The van der Waals surface area contributed by atoms with Gasteiger partial charge in [0, 0.05) is 26.0 Å². The third-order valence-electron chi connectivity index (χ3n) is 4.70. The Balaban J connectivity index is 1.70. The molecule has 1 saturated heterocycles. The molecule has 1 aliphatic rings. The van der Waals surface area contributed by atoms with Crippen LogP contribution in [0.2, 0.25) is 0 Å². The number of hydrogen-bond acceptors (Lipinski definition) is 5. The molecular weight excluding hydrogens is 350 g/mol. The predicted molar refractivity (Wildman–Crippen MR) is 101 cm³/mol. The number of ether oxygens (including phenoxy) is 1. The lowest BCUT2D eigenvalue weighted by Gasteiger charge is -2.20. The molecule has 1 aliphatic heterocycles. The summed E-state index contributed by atoms with van der Waals surface area (Å²) in [6, 6.07) is 10.4. The fourth-order valence-corrected chi connectivity index (χ4v) is 4.16. The zero-order valence-electron chi connectivity index (χ0n) is 15.5. The molecule has 0 saturated carbocycles. The summed E-state index contributed by atoms with van der Waals surface area (Å²) < 4.78 is 31.7. The van der Waals surface area contributed by atoms with E-state index in [9.17, 15) is 8.42 Å². The van der Waals surface area contributed by atoms with Crippen molar-refractivity contribution in [3.8, 4) is 0 Å². The maximum atomic E-state index is 12.1. The molecule has 6 nitrogen and oxygen atoms in total. The Kier molecular flexibility index (Phi) is 6.11. The minimum absolute atomic E-state index is 0.0677. The summed E-state index contributed by atoms with van der Waals surface area (Å²) in [5, 5.41) is 0.138. The van der Waals surface area contributed by atoms with E-state index in [1.807, 2.05) is 29.8 Å². The zero-order chi connectivity index (χ0) is 18.6. The lowest BCUT2D eigenvalue weighted by atomic mass is 10.1. The SMILES string of the molecule is CN(CCc1ccccc1)Cc1cnc(S(C)(=O)=O)n1C[C@H]1CCCO1. The lowest BCUT2D eigenvalue weighted by Crippen LogP contribution is -2.25. The summed E-state index contributed by atoms with van der Waals surface area (Å²) in [4.78, 5) is 6.39. The van der Waals surface area contributed by atoms with Gasteiger partial charge in [-0.05, 0) is 31.9 Å².